The number of hydrogen-bond donors (Lipinski definition) is 1. The van der Waals surface area contributed by atoms with Crippen LogP contribution in [0.5, 0.6) is 0 Å². The summed E-state index contributed by atoms with van der Waals surface area (Å²) in [5, 5.41) is 0. The average Bonchev–Trinajstić information content (AvgIpc) is 2.04. The van der Waals surface area contributed by atoms with Gasteiger partial charge < -0.3 is 5.73 Å². The summed E-state index contributed by atoms with van der Waals surface area (Å²) in [6, 6.07) is 1.84. The molecule has 0 saturated heterocycles. The number of hydrogen-bond acceptors (Lipinski definition) is 1. The number of nitrogens with two attached hydrogens (primary N) is 1. The summed E-state index contributed by atoms with van der Waals surface area (Å²) >= 11 is 0. The van der Waals surface area contributed by atoms with E-state index in [0.717, 1.165) is 12.1 Å². The van der Waals surface area contributed by atoms with Crippen molar-refractivity contribution in [2.45, 2.75) is 13.0 Å². The van der Waals surface area contributed by atoms with Crippen LogP contribution in [-0.4, -0.2) is 0 Å². The van der Waals surface area contributed by atoms with Crippen molar-refractivity contribution >= 4 is 0 Å². The van der Waals surface area contributed by atoms with Crippen LogP contribution in [0.3, 0.4) is 0 Å². The van der Waals surface area contributed by atoms with E-state index < -0.39 is 23.6 Å². The highest BCUT2D eigenvalue weighted by molar-refractivity contribution is 5.28. The van der Waals surface area contributed by atoms with Crippen molar-refractivity contribution < 1.29 is 17.6 Å². The van der Waals surface area contributed by atoms with Crippen LogP contribution in [0.1, 0.15) is 17.6 Å². The molecule has 1 nitrogen and oxygen atoms in total. The smallest absolute Gasteiger partial charge is 0.269 e. The summed E-state index contributed by atoms with van der Waals surface area (Å²) in [7, 11) is 0. The maximum Gasteiger partial charge on any atom is 0.269 e. The molecule has 13 heavy (non-hydrogen) atoms. The van der Waals surface area contributed by atoms with Gasteiger partial charge in [-0.05, 0) is 6.07 Å². The van der Waals surface area contributed by atoms with E-state index in [1.165, 1.54) is 0 Å². The highest BCUT2D eigenvalue weighted by Crippen LogP contribution is 2.26. The maximum absolute atomic E-state index is 13.0. The molecule has 1 aromatic rings. The summed E-state index contributed by atoms with van der Waals surface area (Å²) in [5.74, 6) is -2.50. The molecule has 0 spiro atoms. The van der Waals surface area contributed by atoms with Gasteiger partial charge in [-0.2, -0.15) is 0 Å². The van der Waals surface area contributed by atoms with Crippen molar-refractivity contribution in [1.82, 2.24) is 0 Å². The summed E-state index contributed by atoms with van der Waals surface area (Å²) in [6.07, 6.45) is -3.16. The molecule has 0 atom stereocenters. The van der Waals surface area contributed by atoms with Crippen molar-refractivity contribution in [2.75, 3.05) is 0 Å². The molecule has 0 saturated carbocycles. The quantitative estimate of drug-likeness (QED) is 0.717. The first-order chi connectivity index (χ1) is 6.07. The molecule has 0 bridgehead atoms. The Hall–Kier alpha value is -1.10. The van der Waals surface area contributed by atoms with Gasteiger partial charge in [0.25, 0.3) is 6.43 Å². The second-order valence-corrected chi connectivity index (χ2v) is 2.44. The predicted molar refractivity (Wildman–Crippen MR) is 39.2 cm³/mol. The van der Waals surface area contributed by atoms with Crippen LogP contribution < -0.4 is 5.73 Å². The van der Waals surface area contributed by atoms with Gasteiger partial charge >= 0.3 is 0 Å². The van der Waals surface area contributed by atoms with Crippen LogP contribution in [0.4, 0.5) is 17.6 Å². The van der Waals surface area contributed by atoms with Crippen molar-refractivity contribution in [2.24, 2.45) is 5.73 Å². The molecule has 0 aromatic heterocycles. The second-order valence-electron chi connectivity index (χ2n) is 2.44. The maximum atomic E-state index is 13.0. The van der Waals surface area contributed by atoms with Crippen molar-refractivity contribution in [1.29, 1.82) is 0 Å². The first-order valence-electron chi connectivity index (χ1n) is 3.53. The second kappa shape index (κ2) is 3.74. The zero-order chi connectivity index (χ0) is 10.0. The third kappa shape index (κ3) is 1.80. The van der Waals surface area contributed by atoms with E-state index in [2.05, 4.69) is 0 Å². The fourth-order valence-corrected chi connectivity index (χ4v) is 0.972. The SMILES string of the molecule is NCc1ccc(F)c(C(F)F)c1F. The first-order valence-corrected chi connectivity index (χ1v) is 3.53. The molecule has 0 aliphatic rings. The molecular weight excluding hydrogens is 186 g/mol. The van der Waals surface area contributed by atoms with Gasteiger partial charge in [-0.25, -0.2) is 17.6 Å². The van der Waals surface area contributed by atoms with Crippen LogP contribution >= 0.6 is 0 Å². The number of rotatable bonds is 2. The first kappa shape index (κ1) is 9.98. The molecule has 1 rings (SSSR count). The molecule has 0 aliphatic carbocycles. The Kier molecular flexibility index (Phi) is 2.87. The van der Waals surface area contributed by atoms with Gasteiger partial charge in [-0.3, -0.25) is 0 Å². The molecule has 0 aliphatic heterocycles. The molecule has 0 unspecified atom stereocenters. The number of alkyl halides is 2. The molecule has 1 aromatic carbocycles. The third-order valence-corrected chi connectivity index (χ3v) is 1.64. The topological polar surface area (TPSA) is 26.0 Å². The zero-order valence-electron chi connectivity index (χ0n) is 6.53. The highest BCUT2D eigenvalue weighted by atomic mass is 19.3. The standard InChI is InChI=1S/C8H7F4N/c9-5-2-1-4(3-13)7(10)6(5)8(11)12/h1-2,8H,3,13H2. The normalized spacial score (nSPS) is 10.9. The Morgan fingerprint density at radius 3 is 2.31 bits per heavy atom. The monoisotopic (exact) mass is 193 g/mol. The molecule has 0 amide bonds. The lowest BCUT2D eigenvalue weighted by Gasteiger charge is -2.06. The van der Waals surface area contributed by atoms with E-state index in [9.17, 15) is 17.6 Å². The third-order valence-electron chi connectivity index (χ3n) is 1.64. The van der Waals surface area contributed by atoms with Crippen LogP contribution in [0.2, 0.25) is 0 Å². The van der Waals surface area contributed by atoms with Gasteiger partial charge in [-0.1, -0.05) is 6.07 Å². The van der Waals surface area contributed by atoms with Crippen LogP contribution in [0.15, 0.2) is 12.1 Å². The lowest BCUT2D eigenvalue weighted by molar-refractivity contribution is 0.140. The van der Waals surface area contributed by atoms with Crippen molar-refractivity contribution in [3.05, 3.63) is 34.9 Å². The summed E-state index contributed by atoms with van der Waals surface area (Å²) in [5.41, 5.74) is 3.74. The Bertz CT molecular complexity index is 311. The van der Waals surface area contributed by atoms with E-state index in [0.29, 0.717) is 0 Å². The largest absolute Gasteiger partial charge is 0.326 e. The van der Waals surface area contributed by atoms with E-state index in [-0.39, 0.29) is 12.1 Å². The van der Waals surface area contributed by atoms with Crippen LogP contribution in [0.25, 0.3) is 0 Å². The number of benzene rings is 1. The number of halogens is 4. The summed E-state index contributed by atoms with van der Waals surface area (Å²) < 4.78 is 49.8. The van der Waals surface area contributed by atoms with Crippen molar-refractivity contribution in [3.63, 3.8) is 0 Å². The molecule has 0 fully saturated rings. The van der Waals surface area contributed by atoms with Gasteiger partial charge in [0.05, 0.1) is 5.56 Å². The molecule has 5 heteroatoms. The Morgan fingerprint density at radius 1 is 1.23 bits per heavy atom. The van der Waals surface area contributed by atoms with E-state index in [1.54, 1.807) is 0 Å². The van der Waals surface area contributed by atoms with Crippen LogP contribution in [0, 0.1) is 11.6 Å². The lowest BCUT2D eigenvalue weighted by Crippen LogP contribution is -2.05. The molecule has 72 valence electrons. The Balaban J connectivity index is 3.30. The Morgan fingerprint density at radius 2 is 1.85 bits per heavy atom. The minimum atomic E-state index is -3.16. The van der Waals surface area contributed by atoms with Crippen molar-refractivity contribution in [3.8, 4) is 0 Å². The fraction of sp³-hybridized carbons (Fsp3) is 0.250. The molecule has 0 radical (unpaired) electrons. The van der Waals surface area contributed by atoms with Gasteiger partial charge in [0, 0.05) is 12.1 Å². The lowest BCUT2D eigenvalue weighted by atomic mass is 10.1. The molecule has 0 heterocycles. The van der Waals surface area contributed by atoms with Gasteiger partial charge in [-0.15, -0.1) is 0 Å². The summed E-state index contributed by atoms with van der Waals surface area (Å²) in [4.78, 5) is 0. The Labute approximate surface area is 72.2 Å². The predicted octanol–water partition coefficient (Wildman–Crippen LogP) is 2.36. The van der Waals surface area contributed by atoms with Gasteiger partial charge in [0.15, 0.2) is 0 Å². The summed E-state index contributed by atoms with van der Waals surface area (Å²) in [6.45, 7) is -0.230. The van der Waals surface area contributed by atoms with Gasteiger partial charge in [0.2, 0.25) is 0 Å². The average molecular weight is 193 g/mol. The van der Waals surface area contributed by atoms with Crippen LogP contribution in [-0.2, 0) is 6.54 Å². The minimum Gasteiger partial charge on any atom is -0.326 e. The minimum absolute atomic E-state index is 0.114. The van der Waals surface area contributed by atoms with E-state index in [4.69, 9.17) is 5.73 Å². The fourth-order valence-electron chi connectivity index (χ4n) is 0.972. The zero-order valence-corrected chi connectivity index (χ0v) is 6.53. The highest BCUT2D eigenvalue weighted by Gasteiger charge is 2.20. The molecular formula is C8H7F4N. The molecule has 2 N–H and O–H groups in total. The van der Waals surface area contributed by atoms with E-state index in [1.807, 2.05) is 0 Å². The van der Waals surface area contributed by atoms with E-state index >= 15 is 0 Å². The van der Waals surface area contributed by atoms with Gasteiger partial charge in [0.1, 0.15) is 11.6 Å².